The van der Waals surface area contributed by atoms with E-state index in [4.69, 9.17) is 10.9 Å². The molecule has 0 saturated carbocycles. The Hall–Kier alpha value is -1.31. The second-order valence-corrected chi connectivity index (χ2v) is 6.09. The summed E-state index contributed by atoms with van der Waals surface area (Å²) in [6.45, 7) is 2.74. The van der Waals surface area contributed by atoms with Gasteiger partial charge in [-0.3, -0.25) is 0 Å². The molecular weight excluding hydrogens is 252 g/mol. The van der Waals surface area contributed by atoms with Gasteiger partial charge in [0.1, 0.15) is 0 Å². The first-order valence-corrected chi connectivity index (χ1v) is 7.08. The van der Waals surface area contributed by atoms with Gasteiger partial charge in [0.25, 0.3) is 0 Å². The third kappa shape index (κ3) is 4.17. The van der Waals surface area contributed by atoms with E-state index in [1.807, 2.05) is 14.1 Å². The zero-order valence-electron chi connectivity index (χ0n) is 10.8. The highest BCUT2D eigenvalue weighted by molar-refractivity contribution is 7.89. The maximum atomic E-state index is 11.3. The molecule has 18 heavy (non-hydrogen) atoms. The molecule has 0 fully saturated rings. The summed E-state index contributed by atoms with van der Waals surface area (Å²) in [5, 5.41) is 8.22. The minimum atomic E-state index is -3.73. The number of anilines is 2. The van der Waals surface area contributed by atoms with Gasteiger partial charge in [-0.1, -0.05) is 0 Å². The first-order chi connectivity index (χ1) is 8.20. The molecule has 0 saturated heterocycles. The molecule has 1 unspecified atom stereocenters. The summed E-state index contributed by atoms with van der Waals surface area (Å²) < 4.78 is 22.5. The smallest absolute Gasteiger partial charge is 0.238 e. The van der Waals surface area contributed by atoms with Crippen molar-refractivity contribution in [1.82, 2.24) is 4.90 Å². The van der Waals surface area contributed by atoms with Crippen LogP contribution in [0.2, 0.25) is 0 Å². The quantitative estimate of drug-likeness (QED) is 0.668. The molecule has 6 nitrogen and oxygen atoms in total. The summed E-state index contributed by atoms with van der Waals surface area (Å²) in [4.78, 5) is 2.07. The average molecular weight is 272 g/mol. The number of nitrogens with zero attached hydrogens (tertiary/aromatic N) is 1. The van der Waals surface area contributed by atoms with Crippen LogP contribution in [0.3, 0.4) is 0 Å². The fourth-order valence-corrected chi connectivity index (χ4v) is 1.93. The van der Waals surface area contributed by atoms with Gasteiger partial charge in [-0.05, 0) is 39.2 Å². The molecule has 0 aliphatic rings. The SMILES string of the molecule is CC(CNc1cc(N)cc(S(N)(=O)=O)c1)N(C)C. The molecule has 0 bridgehead atoms. The lowest BCUT2D eigenvalue weighted by Crippen LogP contribution is -2.31. The Morgan fingerprint density at radius 3 is 2.44 bits per heavy atom. The topological polar surface area (TPSA) is 101 Å². The van der Waals surface area contributed by atoms with Crippen LogP contribution in [-0.4, -0.2) is 40.0 Å². The number of hydrogen-bond acceptors (Lipinski definition) is 5. The van der Waals surface area contributed by atoms with Crippen LogP contribution in [0, 0.1) is 0 Å². The Bertz CT molecular complexity index is 514. The van der Waals surface area contributed by atoms with Crippen LogP contribution < -0.4 is 16.2 Å². The van der Waals surface area contributed by atoms with Crippen molar-refractivity contribution in [3.63, 3.8) is 0 Å². The molecule has 102 valence electrons. The minimum Gasteiger partial charge on any atom is -0.399 e. The van der Waals surface area contributed by atoms with E-state index in [1.165, 1.54) is 12.1 Å². The van der Waals surface area contributed by atoms with Gasteiger partial charge in [0.05, 0.1) is 4.90 Å². The van der Waals surface area contributed by atoms with E-state index in [1.54, 1.807) is 6.07 Å². The maximum Gasteiger partial charge on any atom is 0.238 e. The predicted octanol–water partition coefficient (Wildman–Crippen LogP) is 0.278. The van der Waals surface area contributed by atoms with Crippen LogP contribution in [-0.2, 0) is 10.0 Å². The zero-order chi connectivity index (χ0) is 13.9. The molecule has 0 aromatic heterocycles. The molecule has 5 N–H and O–H groups in total. The molecule has 1 atom stereocenters. The number of sulfonamides is 1. The Kier molecular flexibility index (Phi) is 4.55. The van der Waals surface area contributed by atoms with E-state index in [9.17, 15) is 8.42 Å². The first kappa shape index (κ1) is 14.7. The summed E-state index contributed by atoms with van der Waals surface area (Å²) >= 11 is 0. The fourth-order valence-electron chi connectivity index (χ4n) is 1.34. The van der Waals surface area contributed by atoms with Crippen molar-refractivity contribution in [3.05, 3.63) is 18.2 Å². The van der Waals surface area contributed by atoms with Gasteiger partial charge in [0.2, 0.25) is 10.0 Å². The molecule has 0 heterocycles. The molecule has 1 aromatic carbocycles. The normalized spacial score (nSPS) is 13.6. The fraction of sp³-hybridized carbons (Fsp3) is 0.455. The molecule has 1 aromatic rings. The highest BCUT2D eigenvalue weighted by atomic mass is 32.2. The van der Waals surface area contributed by atoms with Crippen molar-refractivity contribution in [2.75, 3.05) is 31.7 Å². The van der Waals surface area contributed by atoms with Gasteiger partial charge in [-0.15, -0.1) is 0 Å². The Morgan fingerprint density at radius 2 is 1.94 bits per heavy atom. The van der Waals surface area contributed by atoms with Crippen LogP contribution in [0.25, 0.3) is 0 Å². The van der Waals surface area contributed by atoms with Crippen LogP contribution in [0.5, 0.6) is 0 Å². The number of primary sulfonamides is 1. The average Bonchev–Trinajstić information content (AvgIpc) is 2.23. The number of hydrogen-bond donors (Lipinski definition) is 3. The third-order valence-corrected chi connectivity index (χ3v) is 3.63. The summed E-state index contributed by atoms with van der Waals surface area (Å²) in [6, 6.07) is 4.81. The summed E-state index contributed by atoms with van der Waals surface area (Å²) in [6.07, 6.45) is 0. The van der Waals surface area contributed by atoms with Crippen LogP contribution >= 0.6 is 0 Å². The van der Waals surface area contributed by atoms with Gasteiger partial charge in [-0.25, -0.2) is 13.6 Å². The van der Waals surface area contributed by atoms with Gasteiger partial charge >= 0.3 is 0 Å². The van der Waals surface area contributed by atoms with Crippen molar-refractivity contribution in [2.45, 2.75) is 17.9 Å². The maximum absolute atomic E-state index is 11.3. The van der Waals surface area contributed by atoms with Crippen molar-refractivity contribution >= 4 is 21.4 Å². The van der Waals surface area contributed by atoms with Gasteiger partial charge in [0, 0.05) is 24.0 Å². The van der Waals surface area contributed by atoms with E-state index >= 15 is 0 Å². The van der Waals surface area contributed by atoms with Gasteiger partial charge in [0.15, 0.2) is 0 Å². The monoisotopic (exact) mass is 272 g/mol. The molecule has 0 amide bonds. The minimum absolute atomic E-state index is 0.0162. The highest BCUT2D eigenvalue weighted by Gasteiger charge is 2.10. The number of nitrogens with one attached hydrogen (secondary N) is 1. The third-order valence-electron chi connectivity index (χ3n) is 2.74. The van der Waals surface area contributed by atoms with E-state index in [-0.39, 0.29) is 4.90 Å². The molecular formula is C11H20N4O2S. The standard InChI is InChI=1S/C11H20N4O2S/c1-8(15(2)3)7-14-10-4-9(12)5-11(6-10)18(13,16)17/h4-6,8,14H,7,12H2,1-3H3,(H2,13,16,17). The van der Waals surface area contributed by atoms with Crippen LogP contribution in [0.4, 0.5) is 11.4 Å². The Balaban J connectivity index is 2.88. The van der Waals surface area contributed by atoms with Gasteiger partial charge < -0.3 is 16.0 Å². The van der Waals surface area contributed by atoms with Crippen LogP contribution in [0.1, 0.15) is 6.92 Å². The Labute approximate surface area is 108 Å². The second-order valence-electron chi connectivity index (χ2n) is 4.53. The van der Waals surface area contributed by atoms with Gasteiger partial charge in [-0.2, -0.15) is 0 Å². The number of nitrogens with two attached hydrogens (primary N) is 2. The lowest BCUT2D eigenvalue weighted by atomic mass is 10.2. The summed E-state index contributed by atoms with van der Waals surface area (Å²) in [5.74, 6) is 0. The van der Waals surface area contributed by atoms with E-state index in [0.717, 1.165) is 0 Å². The summed E-state index contributed by atoms with van der Waals surface area (Å²) in [5.41, 5.74) is 6.66. The van der Waals surface area contributed by atoms with Crippen molar-refractivity contribution < 1.29 is 8.42 Å². The number of likely N-dealkylation sites (N-methyl/N-ethyl adjacent to an activating group) is 1. The van der Waals surface area contributed by atoms with Crippen molar-refractivity contribution in [2.24, 2.45) is 5.14 Å². The Morgan fingerprint density at radius 1 is 1.33 bits per heavy atom. The second kappa shape index (κ2) is 5.55. The summed E-state index contributed by atoms with van der Waals surface area (Å²) in [7, 11) is 0.214. The number of benzene rings is 1. The predicted molar refractivity (Wildman–Crippen MR) is 73.9 cm³/mol. The molecule has 0 spiro atoms. The van der Waals surface area contributed by atoms with Crippen molar-refractivity contribution in [1.29, 1.82) is 0 Å². The number of rotatable bonds is 5. The highest BCUT2D eigenvalue weighted by Crippen LogP contribution is 2.19. The van der Waals surface area contributed by atoms with E-state index in [2.05, 4.69) is 17.1 Å². The van der Waals surface area contributed by atoms with E-state index in [0.29, 0.717) is 24.0 Å². The molecule has 0 radical (unpaired) electrons. The zero-order valence-corrected chi connectivity index (χ0v) is 11.7. The lowest BCUT2D eigenvalue weighted by molar-refractivity contribution is 0.326. The molecule has 7 heteroatoms. The lowest BCUT2D eigenvalue weighted by Gasteiger charge is -2.20. The largest absolute Gasteiger partial charge is 0.399 e. The van der Waals surface area contributed by atoms with E-state index < -0.39 is 10.0 Å². The number of nitrogen functional groups attached to an aromatic ring is 1. The molecule has 0 aliphatic heterocycles. The van der Waals surface area contributed by atoms with Crippen LogP contribution in [0.15, 0.2) is 23.1 Å². The molecule has 1 rings (SSSR count). The van der Waals surface area contributed by atoms with Crippen molar-refractivity contribution in [3.8, 4) is 0 Å². The first-order valence-electron chi connectivity index (χ1n) is 5.54. The molecule has 0 aliphatic carbocycles.